The molecule has 0 aliphatic heterocycles. The minimum Gasteiger partial charge on any atom is -0.494 e. The van der Waals surface area contributed by atoms with Crippen LogP contribution in [0, 0.1) is 29.8 Å². The number of aryl methyl sites for hydroxylation is 1. The van der Waals surface area contributed by atoms with Crippen molar-refractivity contribution in [2.75, 3.05) is 19.0 Å². The number of amides is 1. The fourth-order valence-corrected chi connectivity index (χ4v) is 2.42. The van der Waals surface area contributed by atoms with Crippen molar-refractivity contribution in [2.24, 2.45) is 0 Å². The van der Waals surface area contributed by atoms with Crippen LogP contribution in [-0.2, 0) is 14.3 Å². The van der Waals surface area contributed by atoms with E-state index in [1.165, 1.54) is 37.5 Å². The molecule has 0 radical (unpaired) electrons. The van der Waals surface area contributed by atoms with Gasteiger partial charge in [-0.3, -0.25) is 14.9 Å². The van der Waals surface area contributed by atoms with Crippen LogP contribution in [0.25, 0.3) is 6.08 Å². The minimum atomic E-state index is -0.827. The quantitative estimate of drug-likeness (QED) is 0.328. The Kier molecular flexibility index (Phi) is 7.02. The summed E-state index contributed by atoms with van der Waals surface area (Å²) in [6.45, 7) is 2.76. The van der Waals surface area contributed by atoms with Crippen molar-refractivity contribution in [3.05, 3.63) is 69.0 Å². The van der Waals surface area contributed by atoms with Crippen LogP contribution in [0.3, 0.4) is 0 Å². The number of nitro benzene ring substituents is 1. The summed E-state index contributed by atoms with van der Waals surface area (Å²) in [6, 6.07) is 6.99. The summed E-state index contributed by atoms with van der Waals surface area (Å²) < 4.78 is 23.2. The first-order valence-corrected chi connectivity index (χ1v) is 8.45. The van der Waals surface area contributed by atoms with Crippen LogP contribution in [0.4, 0.5) is 15.8 Å². The molecule has 8 nitrogen and oxygen atoms in total. The van der Waals surface area contributed by atoms with E-state index in [1.54, 1.807) is 19.9 Å². The Hall–Kier alpha value is -3.75. The molecule has 0 bridgehead atoms. The number of nitrogens with zero attached hydrogens (tertiary/aromatic N) is 1. The lowest BCUT2D eigenvalue weighted by atomic mass is 10.1. The zero-order chi connectivity index (χ0) is 21.6. The van der Waals surface area contributed by atoms with Gasteiger partial charge in [-0.05, 0) is 48.7 Å². The van der Waals surface area contributed by atoms with Gasteiger partial charge in [0.25, 0.3) is 11.6 Å². The van der Waals surface area contributed by atoms with Crippen LogP contribution in [0.5, 0.6) is 5.75 Å². The molecule has 0 aromatic heterocycles. The van der Waals surface area contributed by atoms with E-state index in [0.29, 0.717) is 11.1 Å². The molecule has 0 saturated heterocycles. The van der Waals surface area contributed by atoms with Gasteiger partial charge in [0.15, 0.2) is 18.2 Å². The molecule has 2 rings (SSSR count). The summed E-state index contributed by atoms with van der Waals surface area (Å²) in [4.78, 5) is 34.3. The zero-order valence-corrected chi connectivity index (χ0v) is 16.0. The van der Waals surface area contributed by atoms with Gasteiger partial charge >= 0.3 is 5.97 Å². The first-order valence-electron chi connectivity index (χ1n) is 8.45. The standard InChI is InChI=1S/C20H19FN2O6/c1-12-4-7-16(23(26)27)20(13(12)2)22-18(24)11-29-19(25)9-6-14-5-8-17(28-3)15(21)10-14/h4-10H,11H2,1-3H3,(H,22,24)/b9-6+. The van der Waals surface area contributed by atoms with Gasteiger partial charge in [0, 0.05) is 12.1 Å². The number of anilines is 1. The third-order valence-corrected chi connectivity index (χ3v) is 4.11. The molecule has 2 aromatic rings. The minimum absolute atomic E-state index is 0.0558. The van der Waals surface area contributed by atoms with Crippen LogP contribution in [0.15, 0.2) is 36.4 Å². The molecule has 1 N–H and O–H groups in total. The topological polar surface area (TPSA) is 108 Å². The van der Waals surface area contributed by atoms with Gasteiger partial charge < -0.3 is 14.8 Å². The van der Waals surface area contributed by atoms with Crippen molar-refractivity contribution < 1.29 is 28.4 Å². The smallest absolute Gasteiger partial charge is 0.331 e. The van der Waals surface area contributed by atoms with Gasteiger partial charge in [0.2, 0.25) is 0 Å². The molecule has 0 atom stereocenters. The number of methoxy groups -OCH3 is 1. The molecular formula is C20H19FN2O6. The summed E-state index contributed by atoms with van der Waals surface area (Å²) in [6.07, 6.45) is 2.35. The lowest BCUT2D eigenvalue weighted by molar-refractivity contribution is -0.384. The highest BCUT2D eigenvalue weighted by Crippen LogP contribution is 2.30. The maximum absolute atomic E-state index is 13.6. The molecular weight excluding hydrogens is 383 g/mol. The number of halogens is 1. The first kappa shape index (κ1) is 21.5. The fraction of sp³-hybridized carbons (Fsp3) is 0.200. The van der Waals surface area contributed by atoms with E-state index in [0.717, 1.165) is 11.6 Å². The molecule has 0 saturated carbocycles. The molecule has 152 valence electrons. The summed E-state index contributed by atoms with van der Waals surface area (Å²) in [5, 5.41) is 13.5. The number of rotatable bonds is 7. The SMILES string of the molecule is COc1ccc(/C=C/C(=O)OCC(=O)Nc2c([N+](=O)[O-])ccc(C)c2C)cc1F. The maximum atomic E-state index is 13.6. The van der Waals surface area contributed by atoms with Crippen LogP contribution in [-0.4, -0.2) is 30.5 Å². The van der Waals surface area contributed by atoms with Crippen molar-refractivity contribution in [3.63, 3.8) is 0 Å². The largest absolute Gasteiger partial charge is 0.494 e. The monoisotopic (exact) mass is 402 g/mol. The number of esters is 1. The molecule has 0 fully saturated rings. The molecule has 29 heavy (non-hydrogen) atoms. The highest BCUT2D eigenvalue weighted by Gasteiger charge is 2.19. The first-order chi connectivity index (χ1) is 13.7. The number of nitro groups is 1. The second-order valence-corrected chi connectivity index (χ2v) is 6.04. The molecule has 0 aliphatic carbocycles. The van der Waals surface area contributed by atoms with Crippen molar-refractivity contribution in [1.29, 1.82) is 0 Å². The van der Waals surface area contributed by atoms with Gasteiger partial charge in [0.1, 0.15) is 5.69 Å². The van der Waals surface area contributed by atoms with Gasteiger partial charge in [-0.1, -0.05) is 12.1 Å². The van der Waals surface area contributed by atoms with Crippen molar-refractivity contribution in [1.82, 2.24) is 0 Å². The summed E-state index contributed by atoms with van der Waals surface area (Å²) in [7, 11) is 1.34. The normalized spacial score (nSPS) is 10.6. The van der Waals surface area contributed by atoms with Crippen LogP contribution < -0.4 is 10.1 Å². The van der Waals surface area contributed by atoms with Crippen molar-refractivity contribution >= 4 is 29.3 Å². The van der Waals surface area contributed by atoms with Crippen molar-refractivity contribution in [3.8, 4) is 5.75 Å². The molecule has 2 aromatic carbocycles. The molecule has 1 amide bonds. The second kappa shape index (κ2) is 9.45. The maximum Gasteiger partial charge on any atom is 0.331 e. The fourth-order valence-electron chi connectivity index (χ4n) is 2.42. The van der Waals surface area contributed by atoms with E-state index >= 15 is 0 Å². The van der Waals surface area contributed by atoms with E-state index in [4.69, 9.17) is 9.47 Å². The zero-order valence-electron chi connectivity index (χ0n) is 16.0. The Balaban J connectivity index is 1.97. The van der Waals surface area contributed by atoms with E-state index in [1.807, 2.05) is 0 Å². The van der Waals surface area contributed by atoms with E-state index in [2.05, 4.69) is 5.32 Å². The van der Waals surface area contributed by atoms with Crippen LogP contribution in [0.1, 0.15) is 16.7 Å². The highest BCUT2D eigenvalue weighted by atomic mass is 19.1. The number of hydrogen-bond donors (Lipinski definition) is 1. The highest BCUT2D eigenvalue weighted by molar-refractivity contribution is 5.97. The summed E-state index contributed by atoms with van der Waals surface area (Å²) >= 11 is 0. The summed E-state index contributed by atoms with van der Waals surface area (Å²) in [5.74, 6) is -2.06. The Bertz CT molecular complexity index is 987. The van der Waals surface area contributed by atoms with Crippen LogP contribution >= 0.6 is 0 Å². The second-order valence-electron chi connectivity index (χ2n) is 6.04. The predicted molar refractivity (Wildman–Crippen MR) is 104 cm³/mol. The third kappa shape index (κ3) is 5.61. The lowest BCUT2D eigenvalue weighted by Gasteiger charge is -2.11. The van der Waals surface area contributed by atoms with E-state index in [-0.39, 0.29) is 17.1 Å². The number of carbonyl (C=O) groups is 2. The predicted octanol–water partition coefficient (Wildman–Crippen LogP) is 3.55. The van der Waals surface area contributed by atoms with Gasteiger partial charge in [-0.25, -0.2) is 9.18 Å². The average Bonchev–Trinajstić information content (AvgIpc) is 2.68. The lowest BCUT2D eigenvalue weighted by Crippen LogP contribution is -2.21. The van der Waals surface area contributed by atoms with Crippen molar-refractivity contribution in [2.45, 2.75) is 13.8 Å². The molecule has 0 spiro atoms. The number of carbonyl (C=O) groups excluding carboxylic acids is 2. The molecule has 0 heterocycles. The van der Waals surface area contributed by atoms with Gasteiger partial charge in [0.05, 0.1) is 12.0 Å². The van der Waals surface area contributed by atoms with E-state index in [9.17, 15) is 24.1 Å². The number of ether oxygens (including phenoxy) is 2. The Labute approximate surface area is 166 Å². The van der Waals surface area contributed by atoms with Crippen LogP contribution in [0.2, 0.25) is 0 Å². The number of nitrogens with one attached hydrogen (secondary N) is 1. The number of benzene rings is 2. The average molecular weight is 402 g/mol. The van der Waals surface area contributed by atoms with Gasteiger partial charge in [-0.2, -0.15) is 0 Å². The van der Waals surface area contributed by atoms with E-state index < -0.39 is 29.2 Å². The Morgan fingerprint density at radius 2 is 1.97 bits per heavy atom. The van der Waals surface area contributed by atoms with Gasteiger partial charge in [-0.15, -0.1) is 0 Å². The third-order valence-electron chi connectivity index (χ3n) is 4.11. The summed E-state index contributed by atoms with van der Waals surface area (Å²) in [5.41, 5.74) is 1.50. The molecule has 9 heteroatoms. The molecule has 0 unspecified atom stereocenters. The molecule has 0 aliphatic rings. The Morgan fingerprint density at radius 3 is 2.59 bits per heavy atom. The Morgan fingerprint density at radius 1 is 1.24 bits per heavy atom. The number of hydrogen-bond acceptors (Lipinski definition) is 6.